The molecule has 2 aliphatic heterocycles. The first-order valence-electron chi connectivity index (χ1n) is 13.3. The number of carbonyl (C=O) groups excluding carboxylic acids is 1. The van der Waals surface area contributed by atoms with Crippen LogP contribution < -0.4 is 21.9 Å². The number of benzene rings is 2. The van der Waals surface area contributed by atoms with E-state index in [1.807, 2.05) is 47.4 Å². The fourth-order valence-corrected chi connectivity index (χ4v) is 6.28. The van der Waals surface area contributed by atoms with Gasteiger partial charge in [0.2, 0.25) is 5.91 Å². The molecule has 9 nitrogen and oxygen atoms in total. The molecule has 0 spiro atoms. The van der Waals surface area contributed by atoms with Crippen LogP contribution in [0.2, 0.25) is 0 Å². The topological polar surface area (TPSA) is 170 Å². The summed E-state index contributed by atoms with van der Waals surface area (Å²) in [6, 6.07) is 14.3. The van der Waals surface area contributed by atoms with Crippen LogP contribution in [-0.2, 0) is 22.6 Å². The van der Waals surface area contributed by atoms with Crippen molar-refractivity contribution in [3.05, 3.63) is 65.2 Å². The van der Waals surface area contributed by atoms with Crippen molar-refractivity contribution in [2.24, 2.45) is 28.1 Å². The van der Waals surface area contributed by atoms with Crippen molar-refractivity contribution in [3.63, 3.8) is 0 Å². The van der Waals surface area contributed by atoms with Crippen molar-refractivity contribution >= 4 is 28.9 Å². The van der Waals surface area contributed by atoms with Gasteiger partial charge in [-0.25, -0.2) is 0 Å². The van der Waals surface area contributed by atoms with Crippen molar-refractivity contribution in [2.45, 2.75) is 55.4 Å². The molecule has 3 unspecified atom stereocenters. The molecule has 1 amide bonds. The Labute approximate surface area is 228 Å². The van der Waals surface area contributed by atoms with Crippen LogP contribution in [-0.4, -0.2) is 59.3 Å². The first-order chi connectivity index (χ1) is 18.3. The highest BCUT2D eigenvalue weighted by atomic mass is 32.2. The molecule has 2 aromatic carbocycles. The number of hydrogen-bond acceptors (Lipinski definition) is 7. The normalized spacial score (nSPS) is 20.0. The largest absolute Gasteiger partial charge is 0.593 e. The molecule has 2 heterocycles. The monoisotopic (exact) mass is 537 g/mol. The summed E-state index contributed by atoms with van der Waals surface area (Å²) in [6.07, 6.45) is 4.83. The molecule has 4 rings (SSSR count). The highest BCUT2D eigenvalue weighted by Crippen LogP contribution is 2.27. The zero-order valence-corrected chi connectivity index (χ0v) is 22.6. The molecule has 38 heavy (non-hydrogen) atoms. The fraction of sp³-hybridized carbons (Fsp3) is 0.464. The van der Waals surface area contributed by atoms with Crippen molar-refractivity contribution in [2.75, 3.05) is 26.2 Å². The third-order valence-electron chi connectivity index (χ3n) is 7.53. The molecule has 8 N–H and O–H groups in total. The van der Waals surface area contributed by atoms with Gasteiger partial charge in [0.1, 0.15) is 11.9 Å². The summed E-state index contributed by atoms with van der Waals surface area (Å²) >= 11 is -1.60. The van der Waals surface area contributed by atoms with Gasteiger partial charge in [-0.3, -0.25) is 15.2 Å². The maximum Gasteiger partial charge on any atom is 0.244 e. The first kappa shape index (κ1) is 28.1. The lowest BCUT2D eigenvalue weighted by Gasteiger charge is -2.34. The number of likely N-dealkylation sites (tertiary alicyclic amines) is 1. The van der Waals surface area contributed by atoms with Crippen molar-refractivity contribution in [1.82, 2.24) is 9.62 Å². The number of amides is 1. The standard InChI is InChI=1S/C28H39N7O2S/c29-12-9-19-10-13-35(14-11-19)28(36)25(16-20-3-1-5-22(15-20)27(31)32)34-38(37)24-6-2-4-21(17-24)23-7-8-26(30)33-18-23/h1-6,15,17,19,23,25,34H,7-14,16,18,29H2,(H2,30,33)(H3,31,32). The van der Waals surface area contributed by atoms with E-state index in [9.17, 15) is 9.35 Å². The number of rotatable bonds is 10. The van der Waals surface area contributed by atoms with E-state index >= 15 is 0 Å². The van der Waals surface area contributed by atoms with Crippen LogP contribution in [0, 0.1) is 11.3 Å². The molecule has 0 radical (unpaired) electrons. The first-order valence-corrected chi connectivity index (χ1v) is 14.5. The van der Waals surface area contributed by atoms with Crippen LogP contribution in [0.3, 0.4) is 0 Å². The summed E-state index contributed by atoms with van der Waals surface area (Å²) in [5.41, 5.74) is 19.8. The number of carbonyl (C=O) groups is 1. The minimum absolute atomic E-state index is 0.0288. The predicted molar refractivity (Wildman–Crippen MR) is 152 cm³/mol. The molecule has 10 heteroatoms. The van der Waals surface area contributed by atoms with Gasteiger partial charge in [-0.1, -0.05) is 30.3 Å². The van der Waals surface area contributed by atoms with Gasteiger partial charge in [0, 0.05) is 44.0 Å². The van der Waals surface area contributed by atoms with Crippen molar-refractivity contribution < 1.29 is 9.35 Å². The summed E-state index contributed by atoms with van der Waals surface area (Å²) in [4.78, 5) is 20.6. The highest BCUT2D eigenvalue weighted by Gasteiger charge is 2.32. The summed E-state index contributed by atoms with van der Waals surface area (Å²) in [5.74, 6) is 1.37. The van der Waals surface area contributed by atoms with Crippen LogP contribution in [0.4, 0.5) is 0 Å². The molecule has 1 saturated heterocycles. The minimum Gasteiger partial charge on any atom is -0.593 e. The third kappa shape index (κ3) is 7.35. The second-order valence-electron chi connectivity index (χ2n) is 10.2. The Bertz CT molecular complexity index is 1150. The molecule has 0 bridgehead atoms. The van der Waals surface area contributed by atoms with Gasteiger partial charge in [0.05, 0.1) is 17.2 Å². The molecule has 0 aliphatic carbocycles. The Morgan fingerprint density at radius 3 is 2.63 bits per heavy atom. The van der Waals surface area contributed by atoms with Crippen molar-refractivity contribution in [1.29, 1.82) is 5.41 Å². The van der Waals surface area contributed by atoms with Crippen LogP contribution in [0.5, 0.6) is 0 Å². The number of nitrogens with one attached hydrogen (secondary N) is 2. The summed E-state index contributed by atoms with van der Waals surface area (Å²) in [5, 5.41) is 7.77. The number of nitrogen functional groups attached to an aromatic ring is 1. The van der Waals surface area contributed by atoms with Crippen LogP contribution >= 0.6 is 0 Å². The highest BCUT2D eigenvalue weighted by molar-refractivity contribution is 7.89. The number of hydrogen-bond donors (Lipinski definition) is 5. The molecular weight excluding hydrogens is 498 g/mol. The summed E-state index contributed by atoms with van der Waals surface area (Å²) < 4.78 is 16.7. The smallest absolute Gasteiger partial charge is 0.244 e. The van der Waals surface area contributed by atoms with Crippen molar-refractivity contribution in [3.8, 4) is 0 Å². The van der Waals surface area contributed by atoms with Gasteiger partial charge in [0.15, 0.2) is 4.90 Å². The molecular formula is C28H39N7O2S. The maximum atomic E-state index is 13.7. The second-order valence-corrected chi connectivity index (χ2v) is 11.5. The average molecular weight is 538 g/mol. The minimum atomic E-state index is -1.60. The molecule has 2 aromatic rings. The van der Waals surface area contributed by atoms with E-state index in [0.717, 1.165) is 43.2 Å². The average Bonchev–Trinajstić information content (AvgIpc) is 2.93. The fourth-order valence-electron chi connectivity index (χ4n) is 5.25. The lowest BCUT2D eigenvalue weighted by atomic mass is 9.92. The summed E-state index contributed by atoms with van der Waals surface area (Å²) in [7, 11) is 0. The van der Waals surface area contributed by atoms with Gasteiger partial charge in [-0.15, -0.1) is 4.72 Å². The van der Waals surface area contributed by atoms with E-state index in [0.29, 0.717) is 54.8 Å². The van der Waals surface area contributed by atoms with E-state index in [2.05, 4.69) is 9.71 Å². The Kier molecular flexibility index (Phi) is 9.79. The third-order valence-corrected chi connectivity index (χ3v) is 8.71. The molecule has 2 aliphatic rings. The zero-order valence-electron chi connectivity index (χ0n) is 21.8. The number of nitrogens with zero attached hydrogens (tertiary/aromatic N) is 2. The quantitative estimate of drug-likeness (QED) is 0.176. The van der Waals surface area contributed by atoms with Crippen LogP contribution in [0.25, 0.3) is 0 Å². The number of amidine groups is 2. The van der Waals surface area contributed by atoms with E-state index in [1.54, 1.807) is 6.07 Å². The van der Waals surface area contributed by atoms with Crippen LogP contribution in [0.15, 0.2) is 58.4 Å². The van der Waals surface area contributed by atoms with Gasteiger partial charge in [-0.05, 0) is 67.5 Å². The molecule has 204 valence electrons. The molecule has 3 atom stereocenters. The Hall–Kier alpha value is -2.92. The summed E-state index contributed by atoms with van der Waals surface area (Å²) in [6.45, 7) is 2.63. The lowest BCUT2D eigenvalue weighted by Crippen LogP contribution is -2.51. The number of nitrogens with two attached hydrogens (primary N) is 3. The number of aliphatic imine (C=N–C) groups is 1. The van der Waals surface area contributed by atoms with Gasteiger partial charge in [-0.2, -0.15) is 0 Å². The number of piperidine rings is 1. The van der Waals surface area contributed by atoms with Crippen LogP contribution in [0.1, 0.15) is 54.7 Å². The second kappa shape index (κ2) is 13.2. The maximum absolute atomic E-state index is 13.7. The Morgan fingerprint density at radius 1 is 1.18 bits per heavy atom. The van der Waals surface area contributed by atoms with E-state index < -0.39 is 17.4 Å². The molecule has 1 fully saturated rings. The van der Waals surface area contributed by atoms with E-state index in [-0.39, 0.29) is 17.7 Å². The van der Waals surface area contributed by atoms with Gasteiger partial charge >= 0.3 is 0 Å². The zero-order chi connectivity index (χ0) is 27.1. The lowest BCUT2D eigenvalue weighted by molar-refractivity contribution is -0.134. The molecule has 0 saturated carbocycles. The predicted octanol–water partition coefficient (Wildman–Crippen LogP) is 2.02. The van der Waals surface area contributed by atoms with Gasteiger partial charge < -0.3 is 26.7 Å². The van der Waals surface area contributed by atoms with E-state index in [1.165, 1.54) is 0 Å². The Balaban J connectivity index is 1.51. The SMILES string of the molecule is N=C(N)c1cccc(CC(N[S+]([O-])c2cccc(C3CCC(N)=NC3)c2)C(=O)N2CCC(CCN)CC2)c1. The van der Waals surface area contributed by atoms with Gasteiger partial charge in [0.25, 0.3) is 0 Å². The molecule has 0 aromatic heterocycles. The van der Waals surface area contributed by atoms with E-state index in [4.69, 9.17) is 22.6 Å². The Morgan fingerprint density at radius 2 is 1.95 bits per heavy atom.